The molecule has 0 unspecified atom stereocenters. The van der Waals surface area contributed by atoms with E-state index in [4.69, 9.17) is 4.74 Å². The molecule has 0 saturated heterocycles. The minimum atomic E-state index is -0.579. The van der Waals surface area contributed by atoms with Gasteiger partial charge >= 0.3 is 0 Å². The Morgan fingerprint density at radius 1 is 1.10 bits per heavy atom. The zero-order valence-electron chi connectivity index (χ0n) is 10.8. The molecule has 0 heterocycles. The third kappa shape index (κ3) is 3.29. The maximum Gasteiger partial charge on any atom is 0.185 e. The number of benzene rings is 2. The number of carbonyl (C=O) groups excluding carboxylic acids is 1. The number of halogens is 2. The molecule has 4 heteroatoms. The highest BCUT2D eigenvalue weighted by atomic mass is 19.1. The molecule has 0 aliphatic heterocycles. The van der Waals surface area contributed by atoms with E-state index in [9.17, 15) is 13.6 Å². The zero-order valence-corrected chi connectivity index (χ0v) is 10.8. The first-order chi connectivity index (χ1) is 9.60. The van der Waals surface area contributed by atoms with Crippen LogP contribution in [0.4, 0.5) is 8.78 Å². The van der Waals surface area contributed by atoms with Gasteiger partial charge in [-0.05, 0) is 54.6 Å². The van der Waals surface area contributed by atoms with Crippen molar-refractivity contribution in [2.75, 3.05) is 7.11 Å². The molecule has 0 saturated carbocycles. The molecule has 0 atom stereocenters. The molecule has 0 aliphatic rings. The lowest BCUT2D eigenvalue weighted by molar-refractivity contribution is 0.104. The highest BCUT2D eigenvalue weighted by molar-refractivity contribution is 6.06. The van der Waals surface area contributed by atoms with E-state index in [1.54, 1.807) is 24.3 Å². The van der Waals surface area contributed by atoms with Gasteiger partial charge in [-0.15, -0.1) is 0 Å². The molecular formula is C16H12F2O2. The van der Waals surface area contributed by atoms with E-state index in [1.807, 2.05) is 0 Å². The molecule has 0 N–H and O–H groups in total. The number of allylic oxidation sites excluding steroid dienone is 1. The van der Waals surface area contributed by atoms with Crippen LogP contribution in [0.5, 0.6) is 5.75 Å². The smallest absolute Gasteiger partial charge is 0.185 e. The largest absolute Gasteiger partial charge is 0.497 e. The highest BCUT2D eigenvalue weighted by Gasteiger charge is 2.04. The summed E-state index contributed by atoms with van der Waals surface area (Å²) < 4.78 is 31.3. The normalized spacial score (nSPS) is 10.8. The summed E-state index contributed by atoms with van der Waals surface area (Å²) in [5.41, 5.74) is 0.478. The van der Waals surface area contributed by atoms with Crippen LogP contribution in [0, 0.1) is 11.6 Å². The molecule has 0 aliphatic carbocycles. The summed E-state index contributed by atoms with van der Waals surface area (Å²) in [6.45, 7) is 0. The Kier molecular flexibility index (Phi) is 4.25. The number of ether oxygens (including phenoxy) is 1. The molecule has 2 aromatic rings. The van der Waals surface area contributed by atoms with Gasteiger partial charge in [0.05, 0.1) is 7.11 Å². The van der Waals surface area contributed by atoms with Crippen molar-refractivity contribution in [1.29, 1.82) is 0 Å². The topological polar surface area (TPSA) is 26.3 Å². The van der Waals surface area contributed by atoms with Crippen molar-refractivity contribution in [3.8, 4) is 5.75 Å². The van der Waals surface area contributed by atoms with E-state index in [-0.39, 0.29) is 11.3 Å². The van der Waals surface area contributed by atoms with Crippen molar-refractivity contribution >= 4 is 11.9 Å². The fourth-order valence-electron chi connectivity index (χ4n) is 1.66. The van der Waals surface area contributed by atoms with Gasteiger partial charge in [-0.25, -0.2) is 8.78 Å². The maximum atomic E-state index is 13.4. The van der Waals surface area contributed by atoms with Crippen LogP contribution >= 0.6 is 0 Å². The molecule has 0 bridgehead atoms. The summed E-state index contributed by atoms with van der Waals surface area (Å²) in [7, 11) is 1.53. The van der Waals surface area contributed by atoms with Gasteiger partial charge in [-0.1, -0.05) is 0 Å². The van der Waals surface area contributed by atoms with Crippen molar-refractivity contribution in [3.63, 3.8) is 0 Å². The van der Waals surface area contributed by atoms with Crippen molar-refractivity contribution < 1.29 is 18.3 Å². The second kappa shape index (κ2) is 6.10. The van der Waals surface area contributed by atoms with E-state index in [0.29, 0.717) is 11.3 Å². The van der Waals surface area contributed by atoms with Gasteiger partial charge < -0.3 is 4.74 Å². The molecule has 0 spiro atoms. The second-order valence-corrected chi connectivity index (χ2v) is 4.09. The first-order valence-corrected chi connectivity index (χ1v) is 5.91. The third-order valence-corrected chi connectivity index (χ3v) is 2.75. The molecule has 0 radical (unpaired) electrons. The fourth-order valence-corrected chi connectivity index (χ4v) is 1.66. The first-order valence-electron chi connectivity index (χ1n) is 5.91. The summed E-state index contributed by atoms with van der Waals surface area (Å²) in [4.78, 5) is 11.9. The van der Waals surface area contributed by atoms with Gasteiger partial charge in [0.1, 0.15) is 17.4 Å². The van der Waals surface area contributed by atoms with Crippen molar-refractivity contribution in [1.82, 2.24) is 0 Å². The molecule has 0 amide bonds. The van der Waals surface area contributed by atoms with E-state index in [1.165, 1.54) is 19.3 Å². The number of rotatable bonds is 4. The molecule has 2 aromatic carbocycles. The summed E-state index contributed by atoms with van der Waals surface area (Å²) in [6.07, 6.45) is 2.46. The first kappa shape index (κ1) is 13.9. The lowest BCUT2D eigenvalue weighted by Crippen LogP contribution is -1.94. The average Bonchev–Trinajstić information content (AvgIpc) is 2.48. The quantitative estimate of drug-likeness (QED) is 0.625. The molecule has 2 nitrogen and oxygen atoms in total. The van der Waals surface area contributed by atoms with Gasteiger partial charge in [-0.3, -0.25) is 4.79 Å². The second-order valence-electron chi connectivity index (χ2n) is 4.09. The van der Waals surface area contributed by atoms with E-state index in [2.05, 4.69) is 0 Å². The summed E-state index contributed by atoms with van der Waals surface area (Å²) >= 11 is 0. The monoisotopic (exact) mass is 274 g/mol. The molecule has 102 valence electrons. The number of hydrogen-bond acceptors (Lipinski definition) is 2. The Labute approximate surface area is 115 Å². The highest BCUT2D eigenvalue weighted by Crippen LogP contribution is 2.14. The maximum absolute atomic E-state index is 13.4. The van der Waals surface area contributed by atoms with Gasteiger partial charge in [0, 0.05) is 11.1 Å². The number of ketones is 1. The van der Waals surface area contributed by atoms with Crippen LogP contribution < -0.4 is 4.74 Å². The lowest BCUT2D eigenvalue weighted by atomic mass is 10.1. The van der Waals surface area contributed by atoms with E-state index < -0.39 is 11.6 Å². The Morgan fingerprint density at radius 2 is 1.80 bits per heavy atom. The Hall–Kier alpha value is -2.49. The summed E-state index contributed by atoms with van der Waals surface area (Å²) in [5, 5.41) is 0. The Bertz CT molecular complexity index is 646. The molecule has 0 fully saturated rings. The van der Waals surface area contributed by atoms with Crippen LogP contribution in [0.25, 0.3) is 6.08 Å². The summed E-state index contributed by atoms with van der Waals surface area (Å²) in [6, 6.07) is 9.60. The molecule has 2 rings (SSSR count). The third-order valence-electron chi connectivity index (χ3n) is 2.75. The minimum absolute atomic E-state index is 0.0341. The Balaban J connectivity index is 2.17. The lowest BCUT2D eigenvalue weighted by Gasteiger charge is -2.00. The predicted octanol–water partition coefficient (Wildman–Crippen LogP) is 3.87. The van der Waals surface area contributed by atoms with Crippen molar-refractivity contribution in [3.05, 3.63) is 71.3 Å². The molecule has 20 heavy (non-hydrogen) atoms. The number of carbonyl (C=O) groups is 1. The van der Waals surface area contributed by atoms with Gasteiger partial charge in [0.2, 0.25) is 0 Å². The van der Waals surface area contributed by atoms with Gasteiger partial charge in [-0.2, -0.15) is 0 Å². The van der Waals surface area contributed by atoms with Crippen LogP contribution in [0.3, 0.4) is 0 Å². The minimum Gasteiger partial charge on any atom is -0.497 e. The zero-order chi connectivity index (χ0) is 14.5. The molecular weight excluding hydrogens is 262 g/mol. The number of methoxy groups -OCH3 is 1. The van der Waals surface area contributed by atoms with Crippen molar-refractivity contribution in [2.45, 2.75) is 0 Å². The fraction of sp³-hybridized carbons (Fsp3) is 0.0625. The standard InChI is InChI=1S/C16H12F2O2/c1-20-14-6-2-11(3-7-14)16(19)9-4-12-10-13(17)5-8-15(12)18/h2-10H,1H3. The van der Waals surface area contributed by atoms with Crippen LogP contribution in [0.1, 0.15) is 15.9 Å². The van der Waals surface area contributed by atoms with Gasteiger partial charge in [0.25, 0.3) is 0 Å². The SMILES string of the molecule is COc1ccc(C(=O)C=Cc2cc(F)ccc2F)cc1. The molecule has 0 aromatic heterocycles. The summed E-state index contributed by atoms with van der Waals surface area (Å²) in [5.74, 6) is -0.786. The van der Waals surface area contributed by atoms with Crippen LogP contribution in [-0.2, 0) is 0 Å². The number of hydrogen-bond donors (Lipinski definition) is 0. The Morgan fingerprint density at radius 3 is 2.45 bits per heavy atom. The van der Waals surface area contributed by atoms with Crippen LogP contribution in [-0.4, -0.2) is 12.9 Å². The average molecular weight is 274 g/mol. The van der Waals surface area contributed by atoms with Crippen LogP contribution in [0.2, 0.25) is 0 Å². The van der Waals surface area contributed by atoms with E-state index in [0.717, 1.165) is 18.2 Å². The van der Waals surface area contributed by atoms with E-state index >= 15 is 0 Å². The van der Waals surface area contributed by atoms with Gasteiger partial charge in [0.15, 0.2) is 5.78 Å². The van der Waals surface area contributed by atoms with Crippen LogP contribution in [0.15, 0.2) is 48.5 Å². The van der Waals surface area contributed by atoms with Crippen molar-refractivity contribution in [2.24, 2.45) is 0 Å². The predicted molar refractivity (Wildman–Crippen MR) is 72.7 cm³/mol.